The molecule has 2 aromatic heterocycles. The van der Waals surface area contributed by atoms with Crippen molar-refractivity contribution >= 4 is 0 Å². The van der Waals surface area contributed by atoms with Crippen LogP contribution in [0, 0.1) is 5.82 Å². The first kappa shape index (κ1) is 14.3. The molecule has 2 heterocycles. The Morgan fingerprint density at radius 2 is 1.75 bits per heavy atom. The van der Waals surface area contributed by atoms with Gasteiger partial charge in [0.05, 0.1) is 18.2 Å². The average molecular weight is 319 g/mol. The van der Waals surface area contributed by atoms with Crippen LogP contribution in [0.4, 0.5) is 4.39 Å². The fourth-order valence-electron chi connectivity index (χ4n) is 2.67. The molecule has 4 aromatic rings. The first-order chi connectivity index (χ1) is 11.8. The third kappa shape index (κ3) is 2.69. The van der Waals surface area contributed by atoms with Crippen molar-refractivity contribution in [2.75, 3.05) is 0 Å². The maximum absolute atomic E-state index is 13.3. The second-order valence-corrected chi connectivity index (χ2v) is 5.39. The number of benzene rings is 2. The molecular weight excluding hydrogens is 305 g/mol. The lowest BCUT2D eigenvalue weighted by molar-refractivity contribution is 0.619. The van der Waals surface area contributed by atoms with Gasteiger partial charge in [-0.15, -0.1) is 5.10 Å². The Morgan fingerprint density at radius 1 is 0.958 bits per heavy atom. The number of imidazole rings is 1. The highest BCUT2D eigenvalue weighted by atomic mass is 19.1. The summed E-state index contributed by atoms with van der Waals surface area (Å²) in [6, 6.07) is 15.9. The van der Waals surface area contributed by atoms with Crippen molar-refractivity contribution in [3.8, 4) is 5.69 Å². The summed E-state index contributed by atoms with van der Waals surface area (Å²) in [5.41, 5.74) is 2.60. The monoisotopic (exact) mass is 319 g/mol. The van der Waals surface area contributed by atoms with Gasteiger partial charge in [0, 0.05) is 12.4 Å². The van der Waals surface area contributed by atoms with Crippen LogP contribution in [0.2, 0.25) is 0 Å². The molecule has 0 aliphatic heterocycles. The minimum atomic E-state index is -0.268. The van der Waals surface area contributed by atoms with Gasteiger partial charge in [-0.25, -0.2) is 14.1 Å². The van der Waals surface area contributed by atoms with Crippen molar-refractivity contribution in [1.29, 1.82) is 0 Å². The van der Waals surface area contributed by atoms with Crippen LogP contribution in [0.25, 0.3) is 5.69 Å². The normalized spacial score (nSPS) is 12.2. The molecule has 24 heavy (non-hydrogen) atoms. The zero-order valence-corrected chi connectivity index (χ0v) is 12.7. The van der Waals surface area contributed by atoms with Crippen LogP contribution in [0.5, 0.6) is 0 Å². The Balaban J connectivity index is 1.77. The Kier molecular flexibility index (Phi) is 3.63. The van der Waals surface area contributed by atoms with E-state index in [2.05, 4.69) is 15.3 Å². The summed E-state index contributed by atoms with van der Waals surface area (Å²) in [4.78, 5) is 4.11. The van der Waals surface area contributed by atoms with E-state index in [0.717, 1.165) is 16.9 Å². The van der Waals surface area contributed by atoms with Crippen LogP contribution < -0.4 is 0 Å². The van der Waals surface area contributed by atoms with Gasteiger partial charge >= 0.3 is 0 Å². The SMILES string of the molecule is Fc1ccc([C@H](c2cn(-c3ccccc3)nn2)n2ccnc2)cc1. The van der Waals surface area contributed by atoms with Gasteiger partial charge in [-0.05, 0) is 29.8 Å². The second kappa shape index (κ2) is 6.08. The van der Waals surface area contributed by atoms with Gasteiger partial charge in [0.25, 0.3) is 0 Å². The van der Waals surface area contributed by atoms with Crippen molar-refractivity contribution in [3.05, 3.63) is 96.6 Å². The number of hydrogen-bond donors (Lipinski definition) is 0. The molecule has 5 nitrogen and oxygen atoms in total. The van der Waals surface area contributed by atoms with Crippen LogP contribution in [0.15, 0.2) is 79.5 Å². The van der Waals surface area contributed by atoms with Crippen molar-refractivity contribution in [3.63, 3.8) is 0 Å². The van der Waals surface area contributed by atoms with Gasteiger partial charge < -0.3 is 4.57 Å². The highest BCUT2D eigenvalue weighted by molar-refractivity contribution is 5.33. The molecule has 6 heteroatoms. The fourth-order valence-corrected chi connectivity index (χ4v) is 2.67. The smallest absolute Gasteiger partial charge is 0.123 e. The van der Waals surface area contributed by atoms with Gasteiger partial charge in [-0.2, -0.15) is 0 Å². The van der Waals surface area contributed by atoms with Crippen LogP contribution >= 0.6 is 0 Å². The molecular formula is C18H14FN5. The van der Waals surface area contributed by atoms with E-state index >= 15 is 0 Å². The zero-order valence-electron chi connectivity index (χ0n) is 12.7. The summed E-state index contributed by atoms with van der Waals surface area (Å²) in [6.07, 6.45) is 7.16. The predicted octanol–water partition coefficient (Wildman–Crippen LogP) is 3.24. The molecule has 0 bridgehead atoms. The molecule has 0 spiro atoms. The van der Waals surface area contributed by atoms with Gasteiger partial charge in [-0.1, -0.05) is 35.5 Å². The molecule has 1 atom stereocenters. The number of nitrogens with zero attached hydrogens (tertiary/aromatic N) is 5. The summed E-state index contributed by atoms with van der Waals surface area (Å²) in [7, 11) is 0. The first-order valence-corrected chi connectivity index (χ1v) is 7.52. The molecule has 0 radical (unpaired) electrons. The highest BCUT2D eigenvalue weighted by Gasteiger charge is 2.20. The van der Waals surface area contributed by atoms with Crippen molar-refractivity contribution in [1.82, 2.24) is 24.5 Å². The number of hydrogen-bond acceptors (Lipinski definition) is 3. The number of rotatable bonds is 4. The van der Waals surface area contributed by atoms with Crippen molar-refractivity contribution in [2.45, 2.75) is 6.04 Å². The maximum atomic E-state index is 13.3. The van der Waals surface area contributed by atoms with Crippen LogP contribution in [0.3, 0.4) is 0 Å². The summed E-state index contributed by atoms with van der Waals surface area (Å²) >= 11 is 0. The van der Waals surface area contributed by atoms with Crippen LogP contribution in [0.1, 0.15) is 17.3 Å². The van der Waals surface area contributed by atoms with Gasteiger partial charge in [0.2, 0.25) is 0 Å². The molecule has 0 unspecified atom stereocenters. The van der Waals surface area contributed by atoms with Gasteiger partial charge in [0.1, 0.15) is 17.6 Å². The largest absolute Gasteiger partial charge is 0.324 e. The first-order valence-electron chi connectivity index (χ1n) is 7.52. The minimum Gasteiger partial charge on any atom is -0.324 e. The Bertz CT molecular complexity index is 914. The molecule has 0 amide bonds. The van der Waals surface area contributed by atoms with E-state index in [4.69, 9.17) is 0 Å². The Hall–Kier alpha value is -3.28. The van der Waals surface area contributed by atoms with E-state index in [-0.39, 0.29) is 11.9 Å². The van der Waals surface area contributed by atoms with Crippen LogP contribution in [-0.2, 0) is 0 Å². The molecule has 0 N–H and O–H groups in total. The quantitative estimate of drug-likeness (QED) is 0.580. The zero-order chi connectivity index (χ0) is 16.4. The molecule has 0 saturated heterocycles. The lowest BCUT2D eigenvalue weighted by atomic mass is 10.0. The van der Waals surface area contributed by atoms with E-state index < -0.39 is 0 Å². The van der Waals surface area contributed by atoms with Gasteiger partial charge in [0.15, 0.2) is 0 Å². The summed E-state index contributed by atoms with van der Waals surface area (Å²) in [5.74, 6) is -0.268. The molecule has 2 aromatic carbocycles. The molecule has 0 aliphatic rings. The molecule has 4 rings (SSSR count). The van der Waals surface area contributed by atoms with E-state index in [0.29, 0.717) is 0 Å². The predicted molar refractivity (Wildman–Crippen MR) is 87.2 cm³/mol. The second-order valence-electron chi connectivity index (χ2n) is 5.39. The summed E-state index contributed by atoms with van der Waals surface area (Å²) < 4.78 is 16.9. The van der Waals surface area contributed by atoms with E-state index in [1.54, 1.807) is 29.3 Å². The van der Waals surface area contributed by atoms with Crippen LogP contribution in [-0.4, -0.2) is 24.5 Å². The van der Waals surface area contributed by atoms with E-state index in [1.165, 1.54) is 12.1 Å². The lowest BCUT2D eigenvalue weighted by Gasteiger charge is -2.16. The topological polar surface area (TPSA) is 48.5 Å². The summed E-state index contributed by atoms with van der Waals surface area (Å²) in [6.45, 7) is 0. The van der Waals surface area contributed by atoms with E-state index in [9.17, 15) is 4.39 Å². The number of aromatic nitrogens is 5. The molecule has 0 fully saturated rings. The third-order valence-corrected chi connectivity index (χ3v) is 3.82. The number of para-hydroxylation sites is 1. The minimum absolute atomic E-state index is 0.217. The number of halogens is 1. The van der Waals surface area contributed by atoms with E-state index in [1.807, 2.05) is 47.3 Å². The average Bonchev–Trinajstić information content (AvgIpc) is 3.30. The van der Waals surface area contributed by atoms with Crippen molar-refractivity contribution < 1.29 is 4.39 Å². The summed E-state index contributed by atoms with van der Waals surface area (Å²) in [5, 5.41) is 8.54. The lowest BCUT2D eigenvalue weighted by Crippen LogP contribution is -2.11. The molecule has 118 valence electrons. The maximum Gasteiger partial charge on any atom is 0.123 e. The standard InChI is InChI=1S/C18H14FN5/c19-15-8-6-14(7-9-15)18(23-11-10-20-13-23)17-12-24(22-21-17)16-4-2-1-3-5-16/h1-13,18H/t18-/m1/s1. The third-order valence-electron chi connectivity index (χ3n) is 3.82. The Labute approximate surface area is 138 Å². The van der Waals surface area contributed by atoms with Gasteiger partial charge in [-0.3, -0.25) is 0 Å². The van der Waals surface area contributed by atoms with Crippen molar-refractivity contribution in [2.24, 2.45) is 0 Å². The fraction of sp³-hybridized carbons (Fsp3) is 0.0556. The molecule has 0 aliphatic carbocycles. The molecule has 0 saturated carbocycles. The highest BCUT2D eigenvalue weighted by Crippen LogP contribution is 2.25. The Morgan fingerprint density at radius 3 is 2.46 bits per heavy atom.